The third-order valence-electron chi connectivity index (χ3n) is 2.52. The summed E-state index contributed by atoms with van der Waals surface area (Å²) in [5.41, 5.74) is 0.662. The summed E-state index contributed by atoms with van der Waals surface area (Å²) in [7, 11) is 3.10. The first-order valence-electron chi connectivity index (χ1n) is 5.83. The van der Waals surface area contributed by atoms with Crippen LogP contribution in [0, 0.1) is 10.1 Å². The van der Waals surface area contributed by atoms with Crippen molar-refractivity contribution in [2.75, 3.05) is 32.6 Å². The number of carbonyl (C=O) groups excluding carboxylic acids is 1. The van der Waals surface area contributed by atoms with Gasteiger partial charge in [-0.05, 0) is 18.6 Å². The van der Waals surface area contributed by atoms with Crippen LogP contribution in [0.1, 0.15) is 16.8 Å². The molecule has 0 aliphatic heterocycles. The van der Waals surface area contributed by atoms with Gasteiger partial charge in [0.25, 0.3) is 11.6 Å². The van der Waals surface area contributed by atoms with Gasteiger partial charge in [0.2, 0.25) is 0 Å². The van der Waals surface area contributed by atoms with Crippen molar-refractivity contribution >= 4 is 17.3 Å². The second kappa shape index (κ2) is 7.32. The molecule has 0 aromatic heterocycles. The Balaban J connectivity index is 2.89. The van der Waals surface area contributed by atoms with Crippen molar-refractivity contribution in [2.24, 2.45) is 0 Å². The van der Waals surface area contributed by atoms with Crippen molar-refractivity contribution < 1.29 is 14.5 Å². The second-order valence-electron chi connectivity index (χ2n) is 3.84. The van der Waals surface area contributed by atoms with Crippen molar-refractivity contribution in [1.29, 1.82) is 0 Å². The Kier molecular flexibility index (Phi) is 5.74. The Morgan fingerprint density at radius 1 is 1.47 bits per heavy atom. The minimum absolute atomic E-state index is 0.0509. The Labute approximate surface area is 111 Å². The molecule has 19 heavy (non-hydrogen) atoms. The van der Waals surface area contributed by atoms with Gasteiger partial charge < -0.3 is 15.4 Å². The predicted molar refractivity (Wildman–Crippen MR) is 71.5 cm³/mol. The number of rotatable bonds is 7. The second-order valence-corrected chi connectivity index (χ2v) is 3.84. The van der Waals surface area contributed by atoms with Gasteiger partial charge in [-0.15, -0.1) is 0 Å². The quantitative estimate of drug-likeness (QED) is 0.442. The summed E-state index contributed by atoms with van der Waals surface area (Å²) in [4.78, 5) is 21.9. The van der Waals surface area contributed by atoms with E-state index in [9.17, 15) is 14.9 Å². The number of anilines is 1. The van der Waals surface area contributed by atoms with Gasteiger partial charge in [0.1, 0.15) is 5.69 Å². The molecule has 1 rings (SSSR count). The molecule has 104 valence electrons. The number of nitrogens with one attached hydrogen (secondary N) is 2. The molecule has 0 radical (unpaired) electrons. The van der Waals surface area contributed by atoms with E-state index in [0.29, 0.717) is 24.4 Å². The van der Waals surface area contributed by atoms with E-state index in [2.05, 4.69) is 10.6 Å². The standard InChI is InChI=1S/C12H17N3O4/c1-13-12(16)9-4-5-11(15(17)18)10(8-9)14-6-3-7-19-2/h4-5,8,14H,3,6-7H2,1-2H3,(H,13,16). The van der Waals surface area contributed by atoms with Crippen LogP contribution in [0.3, 0.4) is 0 Å². The summed E-state index contributed by atoms with van der Waals surface area (Å²) in [6.07, 6.45) is 0.720. The number of nitrogens with zero attached hydrogens (tertiary/aromatic N) is 1. The molecular weight excluding hydrogens is 250 g/mol. The van der Waals surface area contributed by atoms with E-state index in [1.807, 2.05) is 0 Å². The topological polar surface area (TPSA) is 93.5 Å². The Hall–Kier alpha value is -2.15. The van der Waals surface area contributed by atoms with Crippen molar-refractivity contribution in [3.63, 3.8) is 0 Å². The largest absolute Gasteiger partial charge is 0.385 e. The van der Waals surface area contributed by atoms with Gasteiger partial charge >= 0.3 is 0 Å². The van der Waals surface area contributed by atoms with Gasteiger partial charge in [0.15, 0.2) is 0 Å². The van der Waals surface area contributed by atoms with Crippen LogP contribution in [0.15, 0.2) is 18.2 Å². The zero-order valence-electron chi connectivity index (χ0n) is 10.9. The maximum Gasteiger partial charge on any atom is 0.292 e. The molecule has 0 aliphatic rings. The molecule has 0 bridgehead atoms. The zero-order valence-corrected chi connectivity index (χ0v) is 10.9. The molecule has 7 heteroatoms. The molecule has 2 N–H and O–H groups in total. The lowest BCUT2D eigenvalue weighted by Gasteiger charge is -2.08. The van der Waals surface area contributed by atoms with Crippen LogP contribution in [0.25, 0.3) is 0 Å². The van der Waals surface area contributed by atoms with Gasteiger partial charge in [-0.25, -0.2) is 0 Å². The fourth-order valence-corrected chi connectivity index (χ4v) is 1.56. The van der Waals surface area contributed by atoms with Crippen LogP contribution in [0.4, 0.5) is 11.4 Å². The van der Waals surface area contributed by atoms with Crippen LogP contribution >= 0.6 is 0 Å². The molecule has 0 fully saturated rings. The van der Waals surface area contributed by atoms with E-state index >= 15 is 0 Å². The van der Waals surface area contributed by atoms with Crippen LogP contribution in [-0.4, -0.2) is 38.1 Å². The van der Waals surface area contributed by atoms with E-state index < -0.39 is 4.92 Å². The number of amides is 1. The average molecular weight is 267 g/mol. The highest BCUT2D eigenvalue weighted by atomic mass is 16.6. The molecule has 0 atom stereocenters. The molecule has 1 amide bonds. The van der Waals surface area contributed by atoms with E-state index in [1.165, 1.54) is 25.2 Å². The number of carbonyl (C=O) groups is 1. The van der Waals surface area contributed by atoms with Gasteiger partial charge in [-0.1, -0.05) is 0 Å². The van der Waals surface area contributed by atoms with Gasteiger partial charge in [0.05, 0.1) is 4.92 Å². The van der Waals surface area contributed by atoms with Gasteiger partial charge in [-0.2, -0.15) is 0 Å². The van der Waals surface area contributed by atoms with Gasteiger partial charge in [0, 0.05) is 38.9 Å². The predicted octanol–water partition coefficient (Wildman–Crippen LogP) is 1.40. The number of methoxy groups -OCH3 is 1. The van der Waals surface area contributed by atoms with Crippen LogP contribution in [-0.2, 0) is 4.74 Å². The fourth-order valence-electron chi connectivity index (χ4n) is 1.56. The molecule has 0 unspecified atom stereocenters. The SMILES string of the molecule is CNC(=O)c1ccc([N+](=O)[O-])c(NCCCOC)c1. The maximum atomic E-state index is 11.5. The number of benzene rings is 1. The van der Waals surface area contributed by atoms with Gasteiger partial charge in [-0.3, -0.25) is 14.9 Å². The molecule has 0 saturated carbocycles. The lowest BCUT2D eigenvalue weighted by atomic mass is 10.1. The molecule has 1 aromatic carbocycles. The summed E-state index contributed by atoms with van der Waals surface area (Å²) in [6, 6.07) is 4.23. The average Bonchev–Trinajstić information content (AvgIpc) is 2.42. The number of hydrogen-bond donors (Lipinski definition) is 2. The first-order chi connectivity index (χ1) is 9.10. The molecule has 0 spiro atoms. The van der Waals surface area contributed by atoms with Crippen LogP contribution < -0.4 is 10.6 Å². The number of nitro groups is 1. The van der Waals surface area contributed by atoms with Crippen molar-refractivity contribution in [1.82, 2.24) is 5.32 Å². The van der Waals surface area contributed by atoms with Crippen molar-refractivity contribution in [2.45, 2.75) is 6.42 Å². The first-order valence-corrected chi connectivity index (χ1v) is 5.83. The lowest BCUT2D eigenvalue weighted by molar-refractivity contribution is -0.384. The first kappa shape index (κ1) is 14.9. The third kappa shape index (κ3) is 4.22. The summed E-state index contributed by atoms with van der Waals surface area (Å²) in [5, 5.41) is 16.3. The van der Waals surface area contributed by atoms with E-state index in [4.69, 9.17) is 4.74 Å². The molecule has 7 nitrogen and oxygen atoms in total. The Bertz CT molecular complexity index is 462. The van der Waals surface area contributed by atoms with Crippen LogP contribution in [0.5, 0.6) is 0 Å². The maximum absolute atomic E-state index is 11.5. The Morgan fingerprint density at radius 3 is 2.79 bits per heavy atom. The fraction of sp³-hybridized carbons (Fsp3) is 0.417. The van der Waals surface area contributed by atoms with Crippen molar-refractivity contribution in [3.05, 3.63) is 33.9 Å². The molecule has 0 saturated heterocycles. The monoisotopic (exact) mass is 267 g/mol. The highest BCUT2D eigenvalue weighted by Crippen LogP contribution is 2.25. The minimum atomic E-state index is -0.480. The molecule has 0 aliphatic carbocycles. The minimum Gasteiger partial charge on any atom is -0.385 e. The highest BCUT2D eigenvalue weighted by Gasteiger charge is 2.15. The summed E-state index contributed by atoms with van der Waals surface area (Å²) in [6.45, 7) is 1.10. The molecule has 0 heterocycles. The summed E-state index contributed by atoms with van der Waals surface area (Å²) < 4.78 is 4.90. The highest BCUT2D eigenvalue weighted by molar-refractivity contribution is 5.95. The Morgan fingerprint density at radius 2 is 2.21 bits per heavy atom. The summed E-state index contributed by atoms with van der Waals surface area (Å²) >= 11 is 0. The van der Waals surface area contributed by atoms with E-state index in [0.717, 1.165) is 6.42 Å². The van der Waals surface area contributed by atoms with E-state index in [1.54, 1.807) is 7.11 Å². The molecule has 1 aromatic rings. The number of ether oxygens (including phenoxy) is 1. The number of hydrogen-bond acceptors (Lipinski definition) is 5. The van der Waals surface area contributed by atoms with E-state index in [-0.39, 0.29) is 11.6 Å². The summed E-state index contributed by atoms with van der Waals surface area (Å²) in [5.74, 6) is -0.283. The van der Waals surface area contributed by atoms with Crippen molar-refractivity contribution in [3.8, 4) is 0 Å². The normalized spacial score (nSPS) is 10.0. The number of nitro benzene ring substituents is 1. The molecular formula is C12H17N3O4. The third-order valence-corrected chi connectivity index (χ3v) is 2.52. The zero-order chi connectivity index (χ0) is 14.3. The smallest absolute Gasteiger partial charge is 0.292 e. The lowest BCUT2D eigenvalue weighted by Crippen LogP contribution is -2.18. The van der Waals surface area contributed by atoms with Crippen LogP contribution in [0.2, 0.25) is 0 Å².